The average Bonchev–Trinajstić information content (AvgIpc) is 3.30. The number of benzene rings is 2. The highest BCUT2D eigenvalue weighted by Crippen LogP contribution is 2.43. The molecule has 2 saturated heterocycles. The minimum absolute atomic E-state index is 0.172. The molecular weight excluding hydrogens is 591 g/mol. The number of piperazine rings is 1. The molecule has 1 N–H and O–H groups in total. The van der Waals surface area contributed by atoms with Crippen LogP contribution in [0.2, 0.25) is 5.02 Å². The first-order chi connectivity index (χ1) is 20.3. The van der Waals surface area contributed by atoms with E-state index in [1.54, 1.807) is 6.07 Å². The third kappa shape index (κ3) is 4.84. The fraction of sp³-hybridized carbons (Fsp3) is 0.433. The summed E-state index contributed by atoms with van der Waals surface area (Å²) in [5.41, 5.74) is 3.53. The first-order valence-corrected chi connectivity index (χ1v) is 16.2. The van der Waals surface area contributed by atoms with Crippen LogP contribution < -0.4 is 9.80 Å². The Morgan fingerprint density at radius 2 is 1.81 bits per heavy atom. The number of aromatic nitrogens is 4. The lowest BCUT2D eigenvalue weighted by Gasteiger charge is -2.45. The van der Waals surface area contributed by atoms with E-state index in [4.69, 9.17) is 21.6 Å². The zero-order valence-electron chi connectivity index (χ0n) is 25.2. The summed E-state index contributed by atoms with van der Waals surface area (Å²) in [4.78, 5) is 16.0. The van der Waals surface area contributed by atoms with E-state index in [1.165, 1.54) is 4.31 Å². The van der Waals surface area contributed by atoms with Crippen molar-refractivity contribution in [2.45, 2.75) is 45.8 Å². The van der Waals surface area contributed by atoms with Crippen LogP contribution in [0.5, 0.6) is 0 Å². The Morgan fingerprint density at radius 3 is 2.49 bits per heavy atom. The summed E-state index contributed by atoms with van der Waals surface area (Å²) in [5, 5.41) is 9.90. The molecule has 0 radical (unpaired) electrons. The standard InChI is InChI=1S/C30H36ClFN8O2S/c1-8-43(41,42)40-13-17(3)39(12-18(40)4)29-21-11-22(31)26(24-16(2)9-10-23-25(24)19(5)35-36-23)27(32)28(21)33-30(34-29)38-14-20(15-38)37(6)7/h8-11,17-18,20H,1,12-15H2,2-7H3,(H,35,36)/t17-,18+/m0/s1. The first-order valence-electron chi connectivity index (χ1n) is 14.3. The normalized spacial score (nSPS) is 20.4. The maximum absolute atomic E-state index is 17.0. The van der Waals surface area contributed by atoms with Crippen molar-refractivity contribution in [1.29, 1.82) is 0 Å². The molecule has 2 aliphatic heterocycles. The van der Waals surface area contributed by atoms with Gasteiger partial charge in [-0.1, -0.05) is 24.2 Å². The zero-order chi connectivity index (χ0) is 31.0. The van der Waals surface area contributed by atoms with Crippen LogP contribution in [0, 0.1) is 19.7 Å². The number of aryl methyl sites for hydroxylation is 2. The van der Waals surface area contributed by atoms with Gasteiger partial charge in [-0.3, -0.25) is 5.10 Å². The highest BCUT2D eigenvalue weighted by atomic mass is 35.5. The maximum atomic E-state index is 17.0. The summed E-state index contributed by atoms with van der Waals surface area (Å²) < 4.78 is 43.8. The molecule has 0 saturated carbocycles. The van der Waals surface area contributed by atoms with Gasteiger partial charge in [-0.15, -0.1) is 0 Å². The number of sulfonamides is 1. The maximum Gasteiger partial charge on any atom is 0.236 e. The molecule has 2 aromatic heterocycles. The number of nitrogens with zero attached hydrogens (tertiary/aromatic N) is 7. The summed E-state index contributed by atoms with van der Waals surface area (Å²) in [7, 11) is 0.445. The van der Waals surface area contributed by atoms with E-state index in [2.05, 4.69) is 21.7 Å². The highest BCUT2D eigenvalue weighted by Gasteiger charge is 2.38. The van der Waals surface area contributed by atoms with Gasteiger partial charge in [0.15, 0.2) is 5.82 Å². The van der Waals surface area contributed by atoms with Crippen molar-refractivity contribution in [3.05, 3.63) is 52.3 Å². The monoisotopic (exact) mass is 626 g/mol. The Balaban J connectivity index is 1.55. The lowest BCUT2D eigenvalue weighted by molar-refractivity contribution is 0.245. The number of aromatic amines is 1. The topological polar surface area (TPSA) is 102 Å². The molecule has 0 spiro atoms. The van der Waals surface area contributed by atoms with E-state index >= 15 is 4.39 Å². The smallest absolute Gasteiger partial charge is 0.236 e. The number of hydrogen-bond donors (Lipinski definition) is 1. The van der Waals surface area contributed by atoms with E-state index in [9.17, 15) is 8.42 Å². The fourth-order valence-corrected chi connectivity index (χ4v) is 7.70. The van der Waals surface area contributed by atoms with Gasteiger partial charge in [-0.05, 0) is 59.5 Å². The number of fused-ring (bicyclic) bond motifs is 2. The van der Waals surface area contributed by atoms with Gasteiger partial charge >= 0.3 is 0 Å². The summed E-state index contributed by atoms with van der Waals surface area (Å²) in [6.07, 6.45) is 0. The molecule has 2 fully saturated rings. The Kier molecular flexibility index (Phi) is 7.39. The number of anilines is 2. The lowest BCUT2D eigenvalue weighted by atomic mass is 9.94. The number of halogens is 2. The van der Waals surface area contributed by atoms with Crippen LogP contribution in [0.15, 0.2) is 30.2 Å². The second-order valence-corrected chi connectivity index (χ2v) is 14.2. The Morgan fingerprint density at radius 1 is 1.09 bits per heavy atom. The number of nitrogens with one attached hydrogen (secondary N) is 1. The van der Waals surface area contributed by atoms with Crippen LogP contribution in [-0.4, -0.2) is 96.2 Å². The highest BCUT2D eigenvalue weighted by molar-refractivity contribution is 7.92. The second kappa shape index (κ2) is 10.7. The number of hydrogen-bond acceptors (Lipinski definition) is 8. The molecular formula is C30H36ClFN8O2S. The Hall–Kier alpha value is -3.32. The number of rotatable bonds is 6. The van der Waals surface area contributed by atoms with Crippen LogP contribution in [0.4, 0.5) is 16.2 Å². The van der Waals surface area contributed by atoms with Crippen molar-refractivity contribution in [3.8, 4) is 11.1 Å². The first kappa shape index (κ1) is 29.7. The van der Waals surface area contributed by atoms with Gasteiger partial charge in [-0.2, -0.15) is 14.4 Å². The lowest BCUT2D eigenvalue weighted by Crippen LogP contribution is -2.59. The Bertz CT molecular complexity index is 1870. The Labute approximate surface area is 256 Å². The summed E-state index contributed by atoms with van der Waals surface area (Å²) in [6, 6.07) is 5.28. The van der Waals surface area contributed by atoms with Crippen LogP contribution in [-0.2, 0) is 10.0 Å². The number of H-pyrrole nitrogens is 1. The minimum Gasteiger partial charge on any atom is -0.350 e. The third-order valence-electron chi connectivity index (χ3n) is 8.83. The van der Waals surface area contributed by atoms with Crippen molar-refractivity contribution in [1.82, 2.24) is 29.4 Å². The zero-order valence-corrected chi connectivity index (χ0v) is 26.8. The molecule has 43 heavy (non-hydrogen) atoms. The van der Waals surface area contributed by atoms with E-state index in [0.29, 0.717) is 48.4 Å². The molecule has 2 aromatic carbocycles. The molecule has 0 unspecified atom stereocenters. The second-order valence-electron chi connectivity index (χ2n) is 11.9. The van der Waals surface area contributed by atoms with E-state index in [0.717, 1.165) is 27.6 Å². The van der Waals surface area contributed by atoms with Gasteiger partial charge in [0.25, 0.3) is 0 Å². The van der Waals surface area contributed by atoms with Gasteiger partial charge in [0.2, 0.25) is 16.0 Å². The van der Waals surface area contributed by atoms with Crippen LogP contribution >= 0.6 is 11.6 Å². The van der Waals surface area contributed by atoms with Crippen molar-refractivity contribution in [3.63, 3.8) is 0 Å². The molecule has 10 nitrogen and oxygen atoms in total. The molecule has 4 heterocycles. The van der Waals surface area contributed by atoms with Gasteiger partial charge in [0.1, 0.15) is 11.3 Å². The predicted octanol–water partition coefficient (Wildman–Crippen LogP) is 4.70. The van der Waals surface area contributed by atoms with E-state index in [1.807, 2.05) is 63.7 Å². The molecule has 0 bridgehead atoms. The molecule has 2 atom stereocenters. The molecule has 2 aliphatic rings. The summed E-state index contributed by atoms with van der Waals surface area (Å²) >= 11 is 6.95. The average molecular weight is 627 g/mol. The summed E-state index contributed by atoms with van der Waals surface area (Å²) in [5.74, 6) is 0.440. The SMILES string of the molecule is C=CS(=O)(=O)N1C[C@H](C)N(c2nc(N3CC(N(C)C)C3)nc3c(F)c(-c4c(C)ccc5n[nH]c(C)c45)c(Cl)cc23)C[C@H]1C. The van der Waals surface area contributed by atoms with Gasteiger partial charge in [-0.25, -0.2) is 17.8 Å². The molecule has 0 aliphatic carbocycles. The van der Waals surface area contributed by atoms with Crippen LogP contribution in [0.3, 0.4) is 0 Å². The minimum atomic E-state index is -3.62. The predicted molar refractivity (Wildman–Crippen MR) is 171 cm³/mol. The van der Waals surface area contributed by atoms with Crippen LogP contribution in [0.1, 0.15) is 25.1 Å². The van der Waals surface area contributed by atoms with E-state index < -0.39 is 15.8 Å². The summed E-state index contributed by atoms with van der Waals surface area (Å²) in [6.45, 7) is 13.1. The third-order valence-corrected chi connectivity index (χ3v) is 10.7. The van der Waals surface area contributed by atoms with Gasteiger partial charge in [0.05, 0.1) is 10.5 Å². The van der Waals surface area contributed by atoms with Crippen molar-refractivity contribution < 1.29 is 12.8 Å². The quantitative estimate of drug-likeness (QED) is 0.329. The van der Waals surface area contributed by atoms with Crippen molar-refractivity contribution in [2.24, 2.45) is 0 Å². The molecule has 228 valence electrons. The van der Waals surface area contributed by atoms with Crippen LogP contribution in [0.25, 0.3) is 32.9 Å². The van der Waals surface area contributed by atoms with Gasteiger partial charge in [0, 0.05) is 77.3 Å². The molecule has 6 rings (SSSR count). The van der Waals surface area contributed by atoms with E-state index in [-0.39, 0.29) is 34.7 Å². The van der Waals surface area contributed by atoms with Gasteiger partial charge < -0.3 is 14.7 Å². The molecule has 0 amide bonds. The fourth-order valence-electron chi connectivity index (χ4n) is 6.23. The van der Waals surface area contributed by atoms with Crippen molar-refractivity contribution >= 4 is 55.2 Å². The molecule has 13 heteroatoms. The largest absolute Gasteiger partial charge is 0.350 e. The van der Waals surface area contributed by atoms with Crippen molar-refractivity contribution in [2.75, 3.05) is 50.1 Å². The number of likely N-dealkylation sites (N-methyl/N-ethyl adjacent to an activating group) is 1. The molecule has 4 aromatic rings.